The average molecular weight is 234 g/mol. The van der Waals surface area contributed by atoms with Gasteiger partial charge < -0.3 is 5.11 Å². The lowest BCUT2D eigenvalue weighted by atomic mass is 9.99. The third-order valence-corrected chi connectivity index (χ3v) is 3.78. The molecule has 0 aromatic heterocycles. The minimum absolute atomic E-state index is 0.211. The maximum absolute atomic E-state index is 9.79. The zero-order valence-electron chi connectivity index (χ0n) is 11.0. The van der Waals surface area contributed by atoms with Gasteiger partial charge in [-0.25, -0.2) is 0 Å². The Hall–Kier alpha value is -1.06. The smallest absolute Gasteiger partial charge is 0.120 e. The first kappa shape index (κ1) is 12.4. The average Bonchev–Trinajstić information content (AvgIpc) is 2.26. The lowest BCUT2D eigenvalue weighted by Crippen LogP contribution is -2.57. The van der Waals surface area contributed by atoms with E-state index in [1.807, 2.05) is 18.2 Å². The fourth-order valence-corrected chi connectivity index (χ4v) is 2.36. The molecule has 1 heterocycles. The number of phenolic OH excluding ortho intramolecular Hbond substituents is 1. The van der Waals surface area contributed by atoms with Gasteiger partial charge in [-0.05, 0) is 27.0 Å². The van der Waals surface area contributed by atoms with Crippen molar-refractivity contribution in [2.75, 3.05) is 26.7 Å². The Morgan fingerprint density at radius 1 is 1.24 bits per heavy atom. The Morgan fingerprint density at radius 3 is 2.59 bits per heavy atom. The summed E-state index contributed by atoms with van der Waals surface area (Å²) < 4.78 is 0. The van der Waals surface area contributed by atoms with Crippen molar-refractivity contribution in [3.05, 3.63) is 29.8 Å². The zero-order valence-corrected chi connectivity index (χ0v) is 11.0. The van der Waals surface area contributed by atoms with E-state index in [0.717, 1.165) is 31.7 Å². The molecule has 1 saturated heterocycles. The molecule has 0 unspecified atom stereocenters. The van der Waals surface area contributed by atoms with Crippen LogP contribution in [0.3, 0.4) is 0 Å². The van der Waals surface area contributed by atoms with Gasteiger partial charge in [0.1, 0.15) is 5.75 Å². The number of phenols is 1. The van der Waals surface area contributed by atoms with Crippen molar-refractivity contribution in [3.8, 4) is 5.75 Å². The van der Waals surface area contributed by atoms with E-state index in [4.69, 9.17) is 0 Å². The first-order valence-corrected chi connectivity index (χ1v) is 6.19. The molecule has 0 spiro atoms. The van der Waals surface area contributed by atoms with Crippen LogP contribution in [-0.4, -0.2) is 47.1 Å². The molecule has 3 heteroatoms. The summed E-state index contributed by atoms with van der Waals surface area (Å²) in [5, 5.41) is 9.79. The van der Waals surface area contributed by atoms with Gasteiger partial charge in [0.2, 0.25) is 0 Å². The molecule has 3 nitrogen and oxygen atoms in total. The Balaban J connectivity index is 2.04. The molecule has 1 aliphatic heterocycles. The van der Waals surface area contributed by atoms with Crippen molar-refractivity contribution < 1.29 is 5.11 Å². The number of likely N-dealkylation sites (N-methyl/N-ethyl adjacent to an activating group) is 1. The molecule has 1 aromatic rings. The normalized spacial score (nSPS) is 21.6. The highest BCUT2D eigenvalue weighted by molar-refractivity contribution is 5.31. The third-order valence-electron chi connectivity index (χ3n) is 3.78. The Kier molecular flexibility index (Phi) is 3.40. The van der Waals surface area contributed by atoms with Crippen molar-refractivity contribution >= 4 is 0 Å². The largest absolute Gasteiger partial charge is 0.508 e. The topological polar surface area (TPSA) is 26.7 Å². The summed E-state index contributed by atoms with van der Waals surface area (Å²) >= 11 is 0. The van der Waals surface area contributed by atoms with E-state index in [1.54, 1.807) is 6.07 Å². The number of hydrogen-bond donors (Lipinski definition) is 1. The number of rotatable bonds is 2. The van der Waals surface area contributed by atoms with Crippen LogP contribution in [0.25, 0.3) is 0 Å². The van der Waals surface area contributed by atoms with Gasteiger partial charge in [0.15, 0.2) is 0 Å². The van der Waals surface area contributed by atoms with Crippen LogP contribution >= 0.6 is 0 Å². The Morgan fingerprint density at radius 2 is 1.94 bits per heavy atom. The van der Waals surface area contributed by atoms with Crippen molar-refractivity contribution in [2.45, 2.75) is 25.9 Å². The lowest BCUT2D eigenvalue weighted by molar-refractivity contribution is 0.0356. The SMILES string of the molecule is CN1CCN(Cc2ccccc2O)CC1(C)C. The second kappa shape index (κ2) is 4.67. The number of nitrogens with zero attached hydrogens (tertiary/aromatic N) is 2. The van der Waals surface area contributed by atoms with E-state index in [2.05, 4.69) is 30.7 Å². The highest BCUT2D eigenvalue weighted by Gasteiger charge is 2.30. The van der Waals surface area contributed by atoms with Gasteiger partial charge in [-0.2, -0.15) is 0 Å². The van der Waals surface area contributed by atoms with E-state index in [1.165, 1.54) is 0 Å². The summed E-state index contributed by atoms with van der Waals surface area (Å²) in [6.45, 7) is 8.56. The molecule has 0 amide bonds. The standard InChI is InChI=1S/C14H22N2O/c1-14(2)11-16(9-8-15(14)3)10-12-6-4-5-7-13(12)17/h4-7,17H,8-11H2,1-3H3. The molecule has 0 saturated carbocycles. The Labute approximate surface area is 104 Å². The van der Waals surface area contributed by atoms with Gasteiger partial charge in [-0.3, -0.25) is 9.80 Å². The first-order valence-electron chi connectivity index (χ1n) is 6.19. The van der Waals surface area contributed by atoms with Crippen LogP contribution in [0.5, 0.6) is 5.75 Å². The van der Waals surface area contributed by atoms with Crippen molar-refractivity contribution in [1.29, 1.82) is 0 Å². The predicted molar refractivity (Wildman–Crippen MR) is 70.1 cm³/mol. The van der Waals surface area contributed by atoms with Crippen LogP contribution in [0, 0.1) is 0 Å². The van der Waals surface area contributed by atoms with E-state index in [0.29, 0.717) is 5.75 Å². The van der Waals surface area contributed by atoms with Gasteiger partial charge >= 0.3 is 0 Å². The van der Waals surface area contributed by atoms with Crippen LogP contribution < -0.4 is 0 Å². The Bertz CT molecular complexity index is 390. The highest BCUT2D eigenvalue weighted by Crippen LogP contribution is 2.23. The van der Waals surface area contributed by atoms with Gasteiger partial charge in [0.25, 0.3) is 0 Å². The van der Waals surface area contributed by atoms with Crippen LogP contribution in [0.2, 0.25) is 0 Å². The fraction of sp³-hybridized carbons (Fsp3) is 0.571. The highest BCUT2D eigenvalue weighted by atomic mass is 16.3. The van der Waals surface area contributed by atoms with E-state index < -0.39 is 0 Å². The monoisotopic (exact) mass is 234 g/mol. The second-order valence-electron chi connectivity index (χ2n) is 5.57. The minimum Gasteiger partial charge on any atom is -0.508 e. The molecule has 0 radical (unpaired) electrons. The van der Waals surface area contributed by atoms with E-state index in [-0.39, 0.29) is 5.54 Å². The molecular formula is C14H22N2O. The molecule has 1 N–H and O–H groups in total. The number of aromatic hydroxyl groups is 1. The number of piperazine rings is 1. The van der Waals surface area contributed by atoms with Crippen molar-refractivity contribution in [3.63, 3.8) is 0 Å². The number of benzene rings is 1. The molecule has 0 atom stereocenters. The van der Waals surface area contributed by atoms with Gasteiger partial charge in [-0.15, -0.1) is 0 Å². The molecule has 94 valence electrons. The van der Waals surface area contributed by atoms with Crippen LogP contribution in [0.15, 0.2) is 24.3 Å². The van der Waals surface area contributed by atoms with Crippen LogP contribution in [0.4, 0.5) is 0 Å². The molecule has 2 rings (SSSR count). The molecular weight excluding hydrogens is 212 g/mol. The second-order valence-corrected chi connectivity index (χ2v) is 5.57. The van der Waals surface area contributed by atoms with Crippen LogP contribution in [-0.2, 0) is 6.54 Å². The predicted octanol–water partition coefficient (Wildman–Crippen LogP) is 1.92. The van der Waals surface area contributed by atoms with Gasteiger partial charge in [0, 0.05) is 37.3 Å². The molecule has 1 aliphatic rings. The summed E-state index contributed by atoms with van der Waals surface area (Å²) in [5.74, 6) is 0.407. The summed E-state index contributed by atoms with van der Waals surface area (Å²) in [6.07, 6.45) is 0. The summed E-state index contributed by atoms with van der Waals surface area (Å²) in [6, 6.07) is 7.61. The van der Waals surface area contributed by atoms with Crippen molar-refractivity contribution in [1.82, 2.24) is 9.80 Å². The summed E-state index contributed by atoms with van der Waals surface area (Å²) in [5.41, 5.74) is 1.23. The maximum Gasteiger partial charge on any atom is 0.120 e. The third kappa shape index (κ3) is 2.79. The summed E-state index contributed by atoms with van der Waals surface area (Å²) in [4.78, 5) is 4.81. The fourth-order valence-electron chi connectivity index (χ4n) is 2.36. The van der Waals surface area contributed by atoms with Crippen LogP contribution in [0.1, 0.15) is 19.4 Å². The molecule has 0 aliphatic carbocycles. The van der Waals surface area contributed by atoms with Gasteiger partial charge in [0.05, 0.1) is 0 Å². The van der Waals surface area contributed by atoms with E-state index in [9.17, 15) is 5.11 Å². The van der Waals surface area contributed by atoms with E-state index >= 15 is 0 Å². The van der Waals surface area contributed by atoms with Gasteiger partial charge in [-0.1, -0.05) is 18.2 Å². The lowest BCUT2D eigenvalue weighted by Gasteiger charge is -2.45. The minimum atomic E-state index is 0.211. The number of para-hydroxylation sites is 1. The summed E-state index contributed by atoms with van der Waals surface area (Å²) in [7, 11) is 2.18. The zero-order chi connectivity index (χ0) is 12.5. The molecule has 0 bridgehead atoms. The molecule has 17 heavy (non-hydrogen) atoms. The first-order chi connectivity index (χ1) is 7.99. The maximum atomic E-state index is 9.79. The van der Waals surface area contributed by atoms with Crippen molar-refractivity contribution in [2.24, 2.45) is 0 Å². The number of hydrogen-bond acceptors (Lipinski definition) is 3. The molecule has 1 aromatic carbocycles. The quantitative estimate of drug-likeness (QED) is 0.847. The molecule has 1 fully saturated rings.